The predicted octanol–water partition coefficient (Wildman–Crippen LogP) is 2.67. The third-order valence-corrected chi connectivity index (χ3v) is 2.94. The van der Waals surface area contributed by atoms with Crippen molar-refractivity contribution in [3.63, 3.8) is 0 Å². The molecule has 0 aliphatic heterocycles. The summed E-state index contributed by atoms with van der Waals surface area (Å²) in [4.78, 5) is 11.6. The average Bonchev–Trinajstić information content (AvgIpc) is 2.34. The standard InChI is InChI=1S/C13H8BrFN2O/c14-11-2-4-13(18)17(8-11)7-10-5-12(15)3-1-9(10)6-16/h1-5,8H,7H2. The van der Waals surface area contributed by atoms with Crippen LogP contribution in [0.4, 0.5) is 4.39 Å². The number of pyridine rings is 1. The first-order valence-electron chi connectivity index (χ1n) is 5.14. The normalized spacial score (nSPS) is 10.1. The number of aromatic nitrogens is 1. The molecule has 5 heteroatoms. The van der Waals surface area contributed by atoms with Gasteiger partial charge < -0.3 is 4.57 Å². The highest BCUT2D eigenvalue weighted by Gasteiger charge is 2.06. The lowest BCUT2D eigenvalue weighted by molar-refractivity contribution is 0.622. The van der Waals surface area contributed by atoms with Gasteiger partial charge in [0.25, 0.3) is 5.56 Å². The molecule has 0 saturated heterocycles. The molecule has 0 atom stereocenters. The second-order valence-corrected chi connectivity index (χ2v) is 4.64. The highest BCUT2D eigenvalue weighted by atomic mass is 79.9. The van der Waals surface area contributed by atoms with Gasteiger partial charge in [-0.25, -0.2) is 4.39 Å². The molecule has 0 saturated carbocycles. The van der Waals surface area contributed by atoms with E-state index in [4.69, 9.17) is 5.26 Å². The van der Waals surface area contributed by atoms with Gasteiger partial charge in [0.2, 0.25) is 0 Å². The van der Waals surface area contributed by atoms with Gasteiger partial charge in [-0.3, -0.25) is 4.79 Å². The van der Waals surface area contributed by atoms with Crippen LogP contribution in [0.5, 0.6) is 0 Å². The molecule has 2 rings (SSSR count). The molecule has 0 fully saturated rings. The number of rotatable bonds is 2. The summed E-state index contributed by atoms with van der Waals surface area (Å²) in [5.41, 5.74) is 0.646. The SMILES string of the molecule is N#Cc1ccc(F)cc1Cn1cc(Br)ccc1=O. The third kappa shape index (κ3) is 2.66. The number of benzene rings is 1. The Hall–Kier alpha value is -1.93. The summed E-state index contributed by atoms with van der Waals surface area (Å²) >= 11 is 3.26. The molecule has 90 valence electrons. The Morgan fingerprint density at radius 1 is 1.33 bits per heavy atom. The average molecular weight is 307 g/mol. The summed E-state index contributed by atoms with van der Waals surface area (Å²) in [6.07, 6.45) is 1.61. The topological polar surface area (TPSA) is 45.8 Å². The van der Waals surface area contributed by atoms with Crippen LogP contribution in [0.1, 0.15) is 11.1 Å². The van der Waals surface area contributed by atoms with Crippen molar-refractivity contribution in [2.75, 3.05) is 0 Å². The second-order valence-electron chi connectivity index (χ2n) is 3.73. The Kier molecular flexibility index (Phi) is 3.58. The first kappa shape index (κ1) is 12.5. The van der Waals surface area contributed by atoms with Gasteiger partial charge in [-0.1, -0.05) is 0 Å². The molecule has 0 unspecified atom stereocenters. The Labute approximate surface area is 111 Å². The molecule has 1 aromatic carbocycles. The lowest BCUT2D eigenvalue weighted by Crippen LogP contribution is -2.19. The molecule has 0 aliphatic carbocycles. The summed E-state index contributed by atoms with van der Waals surface area (Å²) < 4.78 is 15.3. The first-order valence-corrected chi connectivity index (χ1v) is 5.94. The molecule has 18 heavy (non-hydrogen) atoms. The van der Waals surface area contributed by atoms with Crippen LogP contribution in [0.3, 0.4) is 0 Å². The second kappa shape index (κ2) is 5.15. The number of nitriles is 1. The van der Waals surface area contributed by atoms with E-state index in [1.807, 2.05) is 6.07 Å². The fraction of sp³-hybridized carbons (Fsp3) is 0.0769. The molecule has 0 aliphatic rings. The lowest BCUT2D eigenvalue weighted by atomic mass is 10.1. The van der Waals surface area contributed by atoms with Crippen LogP contribution in [-0.2, 0) is 6.54 Å². The van der Waals surface area contributed by atoms with Crippen molar-refractivity contribution in [2.24, 2.45) is 0 Å². The lowest BCUT2D eigenvalue weighted by Gasteiger charge is -2.07. The van der Waals surface area contributed by atoms with E-state index >= 15 is 0 Å². The monoisotopic (exact) mass is 306 g/mol. The molecule has 0 N–H and O–H groups in total. The molecule has 0 amide bonds. The van der Waals surface area contributed by atoms with E-state index in [9.17, 15) is 9.18 Å². The maximum atomic E-state index is 13.2. The Balaban J connectivity index is 2.46. The molecule has 0 spiro atoms. The zero-order valence-corrected chi connectivity index (χ0v) is 10.8. The van der Waals surface area contributed by atoms with Gasteiger partial charge >= 0.3 is 0 Å². The molecule has 1 heterocycles. The fourth-order valence-electron chi connectivity index (χ4n) is 1.61. The Morgan fingerprint density at radius 2 is 2.11 bits per heavy atom. The van der Waals surface area contributed by atoms with Crippen molar-refractivity contribution in [3.05, 3.63) is 68.3 Å². The quantitative estimate of drug-likeness (QED) is 0.856. The van der Waals surface area contributed by atoms with Crippen molar-refractivity contribution in [1.82, 2.24) is 4.57 Å². The van der Waals surface area contributed by atoms with E-state index in [0.29, 0.717) is 11.1 Å². The van der Waals surface area contributed by atoms with Crippen LogP contribution in [0.25, 0.3) is 0 Å². The largest absolute Gasteiger partial charge is 0.310 e. The van der Waals surface area contributed by atoms with Crippen LogP contribution >= 0.6 is 15.9 Å². The summed E-state index contributed by atoms with van der Waals surface area (Å²) in [7, 11) is 0. The molecule has 3 nitrogen and oxygen atoms in total. The maximum Gasteiger partial charge on any atom is 0.250 e. The highest BCUT2D eigenvalue weighted by molar-refractivity contribution is 9.10. The zero-order valence-electron chi connectivity index (χ0n) is 9.23. The van der Waals surface area contributed by atoms with Gasteiger partial charge in [0.15, 0.2) is 0 Å². The summed E-state index contributed by atoms with van der Waals surface area (Å²) in [6, 6.07) is 8.94. The number of hydrogen-bond donors (Lipinski definition) is 0. The minimum atomic E-state index is -0.424. The minimum Gasteiger partial charge on any atom is -0.310 e. The van der Waals surface area contributed by atoms with Gasteiger partial charge in [-0.05, 0) is 45.8 Å². The zero-order chi connectivity index (χ0) is 13.1. The minimum absolute atomic E-state index is 0.166. The molecular formula is C13H8BrFN2O. The van der Waals surface area contributed by atoms with Crippen molar-refractivity contribution in [2.45, 2.75) is 6.54 Å². The van der Waals surface area contributed by atoms with E-state index in [0.717, 1.165) is 4.47 Å². The van der Waals surface area contributed by atoms with Gasteiger partial charge in [0.05, 0.1) is 18.2 Å². The van der Waals surface area contributed by atoms with Crippen LogP contribution in [0, 0.1) is 17.1 Å². The van der Waals surface area contributed by atoms with E-state index in [1.165, 1.54) is 28.8 Å². The Morgan fingerprint density at radius 3 is 2.83 bits per heavy atom. The van der Waals surface area contributed by atoms with E-state index in [2.05, 4.69) is 15.9 Å². The molecule has 0 radical (unpaired) electrons. The summed E-state index contributed by atoms with van der Waals surface area (Å²) in [6.45, 7) is 0.166. The number of nitrogens with zero attached hydrogens (tertiary/aromatic N) is 2. The molecule has 2 aromatic rings. The van der Waals surface area contributed by atoms with Gasteiger partial charge in [0, 0.05) is 16.7 Å². The fourth-order valence-corrected chi connectivity index (χ4v) is 1.99. The highest BCUT2D eigenvalue weighted by Crippen LogP contribution is 2.13. The van der Waals surface area contributed by atoms with Gasteiger partial charge in [0.1, 0.15) is 5.82 Å². The van der Waals surface area contributed by atoms with Crippen LogP contribution in [-0.4, -0.2) is 4.57 Å². The predicted molar refractivity (Wildman–Crippen MR) is 68.6 cm³/mol. The van der Waals surface area contributed by atoms with Crippen molar-refractivity contribution in [1.29, 1.82) is 5.26 Å². The van der Waals surface area contributed by atoms with E-state index in [1.54, 1.807) is 12.3 Å². The number of hydrogen-bond acceptors (Lipinski definition) is 2. The smallest absolute Gasteiger partial charge is 0.250 e. The number of halogens is 2. The van der Waals surface area contributed by atoms with Crippen LogP contribution < -0.4 is 5.56 Å². The molecule has 1 aromatic heterocycles. The molecular weight excluding hydrogens is 299 g/mol. The van der Waals surface area contributed by atoms with Gasteiger partial charge in [-0.2, -0.15) is 5.26 Å². The Bertz CT molecular complexity index is 688. The summed E-state index contributed by atoms with van der Waals surface area (Å²) in [5.74, 6) is -0.424. The van der Waals surface area contributed by atoms with Crippen molar-refractivity contribution in [3.8, 4) is 6.07 Å². The van der Waals surface area contributed by atoms with Crippen LogP contribution in [0.2, 0.25) is 0 Å². The van der Waals surface area contributed by atoms with E-state index < -0.39 is 5.82 Å². The van der Waals surface area contributed by atoms with E-state index in [-0.39, 0.29) is 12.1 Å². The van der Waals surface area contributed by atoms with Gasteiger partial charge in [-0.15, -0.1) is 0 Å². The third-order valence-electron chi connectivity index (χ3n) is 2.48. The van der Waals surface area contributed by atoms with Crippen molar-refractivity contribution < 1.29 is 4.39 Å². The maximum absolute atomic E-state index is 13.2. The molecule has 0 bridgehead atoms. The van der Waals surface area contributed by atoms with Crippen molar-refractivity contribution >= 4 is 15.9 Å². The summed E-state index contributed by atoms with van der Waals surface area (Å²) in [5, 5.41) is 8.94. The first-order chi connectivity index (χ1) is 8.60. The van der Waals surface area contributed by atoms with Crippen LogP contribution in [0.15, 0.2) is 45.8 Å².